The van der Waals surface area contributed by atoms with Crippen LogP contribution in [0.3, 0.4) is 0 Å². The lowest BCUT2D eigenvalue weighted by Gasteiger charge is -2.28. The third-order valence-corrected chi connectivity index (χ3v) is 5.29. The van der Waals surface area contributed by atoms with E-state index in [-0.39, 0.29) is 11.4 Å². The van der Waals surface area contributed by atoms with Crippen molar-refractivity contribution in [2.45, 2.75) is 25.2 Å². The number of aromatic hydroxyl groups is 1. The molecule has 2 aromatic carbocycles. The number of nitrogens with zero attached hydrogens (tertiary/aromatic N) is 2. The van der Waals surface area contributed by atoms with Crippen LogP contribution < -0.4 is 10.1 Å². The van der Waals surface area contributed by atoms with Gasteiger partial charge in [-0.25, -0.2) is 9.78 Å². The minimum Gasteiger partial charge on any atom is -0.503 e. The van der Waals surface area contributed by atoms with E-state index in [0.717, 1.165) is 12.1 Å². The van der Waals surface area contributed by atoms with E-state index >= 15 is 0 Å². The second kappa shape index (κ2) is 11.1. The van der Waals surface area contributed by atoms with Gasteiger partial charge in [0.2, 0.25) is 0 Å². The average molecular weight is 503 g/mol. The molecule has 0 fully saturated rings. The zero-order valence-corrected chi connectivity index (χ0v) is 19.6. The normalized spacial score (nSPS) is 13.1. The molecular formula is C25H24F3N3O5. The molecule has 0 spiro atoms. The molecule has 0 saturated carbocycles. The van der Waals surface area contributed by atoms with Gasteiger partial charge in [0.1, 0.15) is 6.04 Å². The number of alkyl halides is 3. The summed E-state index contributed by atoms with van der Waals surface area (Å²) in [7, 11) is 2.77. The molecule has 2 atom stereocenters. The Bertz CT molecular complexity index is 1200. The molecule has 8 nitrogen and oxygen atoms in total. The maximum atomic E-state index is 13.0. The van der Waals surface area contributed by atoms with Gasteiger partial charge >= 0.3 is 12.1 Å². The first-order valence-electron chi connectivity index (χ1n) is 10.7. The zero-order chi connectivity index (χ0) is 26.5. The summed E-state index contributed by atoms with van der Waals surface area (Å²) >= 11 is 0. The molecule has 11 heteroatoms. The highest BCUT2D eigenvalue weighted by Gasteiger charge is 2.31. The number of amides is 1. The highest BCUT2D eigenvalue weighted by molar-refractivity contribution is 5.97. The molecule has 1 aromatic heterocycles. The van der Waals surface area contributed by atoms with Crippen LogP contribution in [-0.2, 0) is 15.8 Å². The van der Waals surface area contributed by atoms with Crippen LogP contribution >= 0.6 is 0 Å². The molecule has 36 heavy (non-hydrogen) atoms. The number of pyridine rings is 1. The first kappa shape index (κ1) is 26.5. The second-order valence-corrected chi connectivity index (χ2v) is 7.80. The topological polar surface area (TPSA) is 101 Å². The van der Waals surface area contributed by atoms with Gasteiger partial charge in [-0.1, -0.05) is 42.5 Å². The summed E-state index contributed by atoms with van der Waals surface area (Å²) in [4.78, 5) is 34.5. The minimum absolute atomic E-state index is 0.0346. The van der Waals surface area contributed by atoms with Gasteiger partial charge in [0.05, 0.1) is 18.7 Å². The number of aromatic nitrogens is 1. The standard InChI is InChI=1S/C25H24F3N3O5/c1-15(30-23(33)20-22(32)19(35-3)13-14-29-20)24(34)36-31(2)21(16-7-5-4-6-8-16)17-9-11-18(12-10-17)25(26,27)28/h4-15,21,32H,1-3H3,(H,30,33). The van der Waals surface area contributed by atoms with Gasteiger partial charge in [-0.15, -0.1) is 5.06 Å². The lowest BCUT2D eigenvalue weighted by Crippen LogP contribution is -2.42. The molecule has 0 aliphatic carbocycles. The van der Waals surface area contributed by atoms with Crippen molar-refractivity contribution in [1.82, 2.24) is 15.4 Å². The molecule has 3 rings (SSSR count). The van der Waals surface area contributed by atoms with Crippen LogP contribution in [0.5, 0.6) is 11.5 Å². The van der Waals surface area contributed by atoms with Gasteiger partial charge in [-0.3, -0.25) is 4.79 Å². The second-order valence-electron chi connectivity index (χ2n) is 7.80. The van der Waals surface area contributed by atoms with Crippen molar-refractivity contribution in [2.24, 2.45) is 0 Å². The van der Waals surface area contributed by atoms with Crippen LogP contribution in [0.15, 0.2) is 66.9 Å². The fraction of sp³-hybridized carbons (Fsp3) is 0.240. The molecule has 2 unspecified atom stereocenters. The predicted octanol–water partition coefficient (Wildman–Crippen LogP) is 4.11. The van der Waals surface area contributed by atoms with Crippen molar-refractivity contribution in [3.63, 3.8) is 0 Å². The molecule has 0 bridgehead atoms. The van der Waals surface area contributed by atoms with Gasteiger partial charge < -0.3 is 20.0 Å². The Hall–Kier alpha value is -4.12. The number of halogens is 3. The molecule has 2 N–H and O–H groups in total. The quantitative estimate of drug-likeness (QED) is 0.446. The number of benzene rings is 2. The van der Waals surface area contributed by atoms with E-state index in [2.05, 4.69) is 10.3 Å². The molecule has 1 heterocycles. The number of ether oxygens (including phenoxy) is 1. The number of carbonyl (C=O) groups is 2. The molecular weight excluding hydrogens is 479 g/mol. The lowest BCUT2D eigenvalue weighted by atomic mass is 9.97. The van der Waals surface area contributed by atoms with E-state index in [1.807, 2.05) is 0 Å². The van der Waals surface area contributed by atoms with Crippen LogP contribution in [0, 0.1) is 0 Å². The highest BCUT2D eigenvalue weighted by atomic mass is 19.4. The van der Waals surface area contributed by atoms with Gasteiger partial charge in [-0.05, 0) is 30.2 Å². The Kier molecular flexibility index (Phi) is 8.15. The smallest absolute Gasteiger partial charge is 0.416 e. The van der Waals surface area contributed by atoms with E-state index in [0.29, 0.717) is 11.1 Å². The van der Waals surface area contributed by atoms with E-state index in [4.69, 9.17) is 9.57 Å². The number of hydrogen-bond donors (Lipinski definition) is 2. The molecule has 0 aliphatic heterocycles. The maximum absolute atomic E-state index is 13.0. The number of rotatable bonds is 8. The van der Waals surface area contributed by atoms with Crippen LogP contribution in [0.2, 0.25) is 0 Å². The summed E-state index contributed by atoms with van der Waals surface area (Å²) in [6, 6.07) is 12.8. The Morgan fingerprint density at radius 2 is 1.64 bits per heavy atom. The summed E-state index contributed by atoms with van der Waals surface area (Å²) < 4.78 is 44.0. The fourth-order valence-electron chi connectivity index (χ4n) is 3.47. The third kappa shape index (κ3) is 6.11. The molecule has 0 radical (unpaired) electrons. The van der Waals surface area contributed by atoms with Gasteiger partial charge in [-0.2, -0.15) is 13.2 Å². The SMILES string of the molecule is COc1ccnc(C(=O)NC(C)C(=O)ON(C)C(c2ccccc2)c2ccc(C(F)(F)F)cc2)c1O. The lowest BCUT2D eigenvalue weighted by molar-refractivity contribution is -0.193. The summed E-state index contributed by atoms with van der Waals surface area (Å²) in [5.74, 6) is -2.13. The number of nitrogens with one attached hydrogen (secondary N) is 1. The van der Waals surface area contributed by atoms with Crippen molar-refractivity contribution >= 4 is 11.9 Å². The van der Waals surface area contributed by atoms with E-state index in [9.17, 15) is 27.9 Å². The number of hydroxylamine groups is 2. The number of methoxy groups -OCH3 is 1. The van der Waals surface area contributed by atoms with E-state index in [1.165, 1.54) is 50.5 Å². The third-order valence-electron chi connectivity index (χ3n) is 5.29. The van der Waals surface area contributed by atoms with Crippen molar-refractivity contribution in [3.05, 3.63) is 89.2 Å². The maximum Gasteiger partial charge on any atom is 0.416 e. The average Bonchev–Trinajstić information content (AvgIpc) is 2.84. The van der Waals surface area contributed by atoms with Gasteiger partial charge in [0.15, 0.2) is 17.2 Å². The van der Waals surface area contributed by atoms with Gasteiger partial charge in [0, 0.05) is 19.3 Å². The summed E-state index contributed by atoms with van der Waals surface area (Å²) in [6.07, 6.45) is -3.22. The number of hydrogen-bond acceptors (Lipinski definition) is 7. The first-order valence-corrected chi connectivity index (χ1v) is 10.7. The van der Waals surface area contributed by atoms with E-state index in [1.54, 1.807) is 30.3 Å². The summed E-state index contributed by atoms with van der Waals surface area (Å²) in [5.41, 5.74) is -0.0286. The van der Waals surface area contributed by atoms with Crippen molar-refractivity contribution in [2.75, 3.05) is 14.2 Å². The molecule has 190 valence electrons. The summed E-state index contributed by atoms with van der Waals surface area (Å²) in [6.45, 7) is 1.38. The predicted molar refractivity (Wildman–Crippen MR) is 123 cm³/mol. The van der Waals surface area contributed by atoms with E-state index < -0.39 is 41.4 Å². The largest absolute Gasteiger partial charge is 0.503 e. The molecule has 1 amide bonds. The van der Waals surface area contributed by atoms with Crippen LogP contribution in [-0.4, -0.2) is 47.2 Å². The Morgan fingerprint density at radius 1 is 1.03 bits per heavy atom. The van der Waals surface area contributed by atoms with Crippen LogP contribution in [0.1, 0.15) is 40.1 Å². The number of carbonyl (C=O) groups excluding carboxylic acids is 2. The van der Waals surface area contributed by atoms with Crippen molar-refractivity contribution < 1.29 is 37.4 Å². The monoisotopic (exact) mass is 503 g/mol. The van der Waals surface area contributed by atoms with Crippen LogP contribution in [0.4, 0.5) is 13.2 Å². The Morgan fingerprint density at radius 3 is 2.22 bits per heavy atom. The molecule has 0 aliphatic rings. The molecule has 3 aromatic rings. The molecule has 0 saturated heterocycles. The van der Waals surface area contributed by atoms with Crippen molar-refractivity contribution in [1.29, 1.82) is 0 Å². The summed E-state index contributed by atoms with van der Waals surface area (Å²) in [5, 5.41) is 13.7. The van der Waals surface area contributed by atoms with Gasteiger partial charge in [0.25, 0.3) is 5.91 Å². The fourth-order valence-corrected chi connectivity index (χ4v) is 3.47. The van der Waals surface area contributed by atoms with Crippen LogP contribution in [0.25, 0.3) is 0 Å². The zero-order valence-electron chi connectivity index (χ0n) is 19.6. The van der Waals surface area contributed by atoms with Crippen molar-refractivity contribution in [3.8, 4) is 11.5 Å². The first-order chi connectivity index (χ1) is 17.0. The highest BCUT2D eigenvalue weighted by Crippen LogP contribution is 2.33. The Balaban J connectivity index is 1.77. The minimum atomic E-state index is -4.49. The Labute approximate surface area is 205 Å².